The van der Waals surface area contributed by atoms with E-state index in [4.69, 9.17) is 9.72 Å². The van der Waals surface area contributed by atoms with E-state index in [0.29, 0.717) is 17.4 Å². The number of aromatic nitrogens is 4. The molecule has 1 atom stereocenters. The van der Waals surface area contributed by atoms with Crippen molar-refractivity contribution in [2.45, 2.75) is 18.9 Å². The highest BCUT2D eigenvalue weighted by Crippen LogP contribution is 2.32. The molecule has 0 aliphatic carbocycles. The Hall–Kier alpha value is -4.00. The number of ether oxygens (including phenoxy) is 1. The molecule has 37 heavy (non-hydrogen) atoms. The zero-order valence-corrected chi connectivity index (χ0v) is 21.0. The zero-order valence-electron chi connectivity index (χ0n) is 21.0. The van der Waals surface area contributed by atoms with Crippen molar-refractivity contribution in [1.29, 1.82) is 5.26 Å². The van der Waals surface area contributed by atoms with Gasteiger partial charge in [-0.25, -0.2) is 14.5 Å². The van der Waals surface area contributed by atoms with Crippen LogP contribution in [0, 0.1) is 11.3 Å². The molecule has 2 fully saturated rings. The SMILES string of the molecule is COc1ccc(CN2CCN(c3ccc(-c4cc(C5CCNC5)cn5ncc(C#N)c45)cn3)CC2)cn1. The second-order valence-electron chi connectivity index (χ2n) is 9.72. The van der Waals surface area contributed by atoms with Gasteiger partial charge in [0.2, 0.25) is 5.88 Å². The first-order valence-corrected chi connectivity index (χ1v) is 12.8. The average Bonchev–Trinajstić information content (AvgIpc) is 3.64. The lowest BCUT2D eigenvalue weighted by Gasteiger charge is -2.35. The van der Waals surface area contributed by atoms with E-state index in [2.05, 4.69) is 61.7 Å². The molecule has 188 valence electrons. The van der Waals surface area contributed by atoms with Crippen LogP contribution in [0.5, 0.6) is 5.88 Å². The van der Waals surface area contributed by atoms with Crippen molar-refractivity contribution >= 4 is 11.3 Å². The Morgan fingerprint density at radius 1 is 1.08 bits per heavy atom. The summed E-state index contributed by atoms with van der Waals surface area (Å²) in [4.78, 5) is 13.9. The van der Waals surface area contributed by atoms with E-state index in [1.807, 2.05) is 23.0 Å². The van der Waals surface area contributed by atoms with E-state index in [9.17, 15) is 5.26 Å². The summed E-state index contributed by atoms with van der Waals surface area (Å²) in [5.41, 5.74) is 5.87. The summed E-state index contributed by atoms with van der Waals surface area (Å²) < 4.78 is 7.01. The first kappa shape index (κ1) is 23.4. The molecule has 0 amide bonds. The van der Waals surface area contributed by atoms with E-state index in [1.165, 1.54) is 11.1 Å². The monoisotopic (exact) mass is 494 g/mol. The van der Waals surface area contributed by atoms with Gasteiger partial charge in [-0.05, 0) is 48.2 Å². The standard InChI is InChI=1S/C28H30N8O/c1-37-27-5-2-20(14-32-27)18-34-8-10-35(11-9-34)26-4-3-22(16-31-26)25-12-23(21-6-7-30-15-21)19-36-28(25)24(13-29)17-33-36/h2-5,12,14,16-17,19,21,30H,6-11,15,18H2,1H3. The third-order valence-corrected chi connectivity index (χ3v) is 7.45. The molecule has 9 nitrogen and oxygen atoms in total. The minimum Gasteiger partial charge on any atom is -0.481 e. The number of hydrogen-bond acceptors (Lipinski definition) is 8. The summed E-state index contributed by atoms with van der Waals surface area (Å²) in [6.07, 6.45) is 8.65. The van der Waals surface area contributed by atoms with Crippen LogP contribution in [0.4, 0.5) is 5.82 Å². The van der Waals surface area contributed by atoms with E-state index >= 15 is 0 Å². The van der Waals surface area contributed by atoms with Gasteiger partial charge in [0.1, 0.15) is 11.9 Å². The number of pyridine rings is 3. The van der Waals surface area contributed by atoms with Gasteiger partial charge >= 0.3 is 0 Å². The quantitative estimate of drug-likeness (QED) is 0.437. The second kappa shape index (κ2) is 10.2. The van der Waals surface area contributed by atoms with Crippen LogP contribution in [0.25, 0.3) is 16.6 Å². The molecule has 2 aliphatic rings. The molecule has 4 aromatic heterocycles. The molecule has 0 aromatic carbocycles. The average molecular weight is 495 g/mol. The van der Waals surface area contributed by atoms with Crippen molar-refractivity contribution in [3.63, 3.8) is 0 Å². The summed E-state index contributed by atoms with van der Waals surface area (Å²) in [5.74, 6) is 2.08. The maximum atomic E-state index is 9.68. The third kappa shape index (κ3) is 4.73. The van der Waals surface area contributed by atoms with Gasteiger partial charge in [0, 0.05) is 75.1 Å². The number of hydrogen-bond donors (Lipinski definition) is 1. The first-order valence-electron chi connectivity index (χ1n) is 12.8. The Labute approximate surface area is 216 Å². The van der Waals surface area contributed by atoms with Crippen LogP contribution in [-0.4, -0.2) is 70.9 Å². The minimum atomic E-state index is 0.454. The van der Waals surface area contributed by atoms with Gasteiger partial charge in [-0.15, -0.1) is 0 Å². The van der Waals surface area contributed by atoms with Gasteiger partial charge in [-0.2, -0.15) is 10.4 Å². The smallest absolute Gasteiger partial charge is 0.212 e. The van der Waals surface area contributed by atoms with Gasteiger partial charge in [0.15, 0.2) is 0 Å². The van der Waals surface area contributed by atoms with Gasteiger partial charge in [0.05, 0.1) is 24.4 Å². The fourth-order valence-corrected chi connectivity index (χ4v) is 5.36. The van der Waals surface area contributed by atoms with Crippen molar-refractivity contribution < 1.29 is 4.74 Å². The maximum absolute atomic E-state index is 9.68. The summed E-state index contributed by atoms with van der Waals surface area (Å²) in [6, 6.07) is 12.7. The topological polar surface area (TPSA) is 94.6 Å². The highest BCUT2D eigenvalue weighted by Gasteiger charge is 2.22. The van der Waals surface area contributed by atoms with Crippen LogP contribution < -0.4 is 15.0 Å². The van der Waals surface area contributed by atoms with E-state index in [0.717, 1.165) is 74.7 Å². The largest absolute Gasteiger partial charge is 0.481 e. The van der Waals surface area contributed by atoms with E-state index in [-0.39, 0.29) is 0 Å². The van der Waals surface area contributed by atoms with Crippen molar-refractivity contribution in [2.75, 3.05) is 51.3 Å². The number of rotatable bonds is 6. The fourth-order valence-electron chi connectivity index (χ4n) is 5.36. The van der Waals surface area contributed by atoms with E-state index < -0.39 is 0 Å². The van der Waals surface area contributed by atoms with Gasteiger partial charge in [-0.3, -0.25) is 4.90 Å². The van der Waals surface area contributed by atoms with Crippen molar-refractivity contribution in [1.82, 2.24) is 29.8 Å². The van der Waals surface area contributed by atoms with Crippen LogP contribution in [0.15, 0.2) is 55.1 Å². The Kier molecular flexibility index (Phi) is 6.43. The molecule has 4 aromatic rings. The predicted octanol–water partition coefficient (Wildman–Crippen LogP) is 3.07. The normalized spacial score (nSPS) is 18.3. The molecule has 2 saturated heterocycles. The lowest BCUT2D eigenvalue weighted by molar-refractivity contribution is 0.249. The van der Waals surface area contributed by atoms with Crippen molar-refractivity contribution in [3.8, 4) is 23.1 Å². The minimum absolute atomic E-state index is 0.454. The van der Waals surface area contributed by atoms with Crippen LogP contribution in [-0.2, 0) is 6.54 Å². The number of methoxy groups -OCH3 is 1. The molecule has 6 heterocycles. The molecule has 0 saturated carbocycles. The zero-order chi connectivity index (χ0) is 25.2. The first-order chi connectivity index (χ1) is 18.2. The lowest BCUT2D eigenvalue weighted by atomic mass is 9.95. The lowest BCUT2D eigenvalue weighted by Crippen LogP contribution is -2.46. The van der Waals surface area contributed by atoms with Crippen LogP contribution in [0.2, 0.25) is 0 Å². The molecule has 9 heteroatoms. The highest BCUT2D eigenvalue weighted by atomic mass is 16.5. The molecule has 2 aliphatic heterocycles. The molecular formula is C28H30N8O. The number of fused-ring (bicyclic) bond motifs is 1. The van der Waals surface area contributed by atoms with Crippen LogP contribution in [0.3, 0.4) is 0 Å². The molecular weight excluding hydrogens is 464 g/mol. The molecule has 0 spiro atoms. The predicted molar refractivity (Wildman–Crippen MR) is 142 cm³/mol. The van der Waals surface area contributed by atoms with Crippen LogP contribution >= 0.6 is 0 Å². The van der Waals surface area contributed by atoms with Crippen LogP contribution in [0.1, 0.15) is 29.0 Å². The summed E-state index contributed by atoms with van der Waals surface area (Å²) in [6.45, 7) is 6.66. The Bertz CT molecular complexity index is 1410. The number of anilines is 1. The third-order valence-electron chi connectivity index (χ3n) is 7.45. The van der Waals surface area contributed by atoms with Gasteiger partial charge < -0.3 is 15.0 Å². The van der Waals surface area contributed by atoms with Crippen molar-refractivity contribution in [2.24, 2.45) is 0 Å². The Morgan fingerprint density at radius 2 is 1.97 bits per heavy atom. The summed E-state index contributed by atoms with van der Waals surface area (Å²) in [5, 5.41) is 17.6. The highest BCUT2D eigenvalue weighted by molar-refractivity contribution is 5.84. The Morgan fingerprint density at radius 3 is 2.65 bits per heavy atom. The summed E-state index contributed by atoms with van der Waals surface area (Å²) >= 11 is 0. The van der Waals surface area contributed by atoms with E-state index in [1.54, 1.807) is 13.3 Å². The number of nitrogens with one attached hydrogen (secondary N) is 1. The number of nitriles is 1. The number of piperazine rings is 1. The van der Waals surface area contributed by atoms with Gasteiger partial charge in [-0.1, -0.05) is 6.07 Å². The molecule has 1 N–H and O–H groups in total. The fraction of sp³-hybridized carbons (Fsp3) is 0.357. The van der Waals surface area contributed by atoms with Crippen molar-refractivity contribution in [3.05, 3.63) is 71.8 Å². The Balaban J connectivity index is 1.18. The molecule has 1 unspecified atom stereocenters. The maximum Gasteiger partial charge on any atom is 0.212 e. The molecule has 6 rings (SSSR count). The molecule has 0 radical (unpaired) electrons. The summed E-state index contributed by atoms with van der Waals surface area (Å²) in [7, 11) is 1.63. The second-order valence-corrected chi connectivity index (χ2v) is 9.72. The van der Waals surface area contributed by atoms with Gasteiger partial charge in [0.25, 0.3) is 0 Å². The number of nitrogens with zero attached hydrogens (tertiary/aromatic N) is 7. The molecule has 0 bridgehead atoms.